The fourth-order valence-corrected chi connectivity index (χ4v) is 3.80. The SMILES string of the molecule is COc1ccccc1NC(=O)[C@H](C)Sc1nnc(-c2ccc(C(C)(C)C)cc2)n1C. The molecule has 0 fully saturated rings. The largest absolute Gasteiger partial charge is 0.495 e. The Balaban J connectivity index is 1.72. The van der Waals surface area contributed by atoms with Crippen molar-refractivity contribution in [3.63, 3.8) is 0 Å². The molecule has 1 N–H and O–H groups in total. The van der Waals surface area contributed by atoms with Crippen molar-refractivity contribution in [2.24, 2.45) is 7.05 Å². The lowest BCUT2D eigenvalue weighted by Gasteiger charge is -2.19. The van der Waals surface area contributed by atoms with Crippen LogP contribution >= 0.6 is 11.8 Å². The maximum absolute atomic E-state index is 12.7. The van der Waals surface area contributed by atoms with E-state index in [-0.39, 0.29) is 16.6 Å². The molecular weight excluding hydrogens is 396 g/mol. The van der Waals surface area contributed by atoms with Crippen LogP contribution in [-0.2, 0) is 17.3 Å². The highest BCUT2D eigenvalue weighted by Gasteiger charge is 2.21. The molecular formula is C23H28N4O2S. The van der Waals surface area contributed by atoms with Crippen molar-refractivity contribution in [3.8, 4) is 17.1 Å². The number of carbonyl (C=O) groups is 1. The summed E-state index contributed by atoms with van der Waals surface area (Å²) in [5.74, 6) is 1.28. The van der Waals surface area contributed by atoms with E-state index in [9.17, 15) is 4.79 Å². The van der Waals surface area contributed by atoms with Gasteiger partial charge in [-0.25, -0.2) is 0 Å². The second-order valence-corrected chi connectivity index (χ2v) is 9.45. The molecule has 0 aliphatic heterocycles. The number of hydrogen-bond acceptors (Lipinski definition) is 5. The Morgan fingerprint density at radius 1 is 1.10 bits per heavy atom. The molecule has 0 radical (unpaired) electrons. The van der Waals surface area contributed by atoms with Gasteiger partial charge in [0.1, 0.15) is 5.75 Å². The topological polar surface area (TPSA) is 69.0 Å². The Kier molecular flexibility index (Phi) is 6.51. The zero-order chi connectivity index (χ0) is 21.9. The van der Waals surface area contributed by atoms with Crippen LogP contribution in [0.3, 0.4) is 0 Å². The van der Waals surface area contributed by atoms with Crippen molar-refractivity contribution < 1.29 is 9.53 Å². The fourth-order valence-electron chi connectivity index (χ4n) is 2.98. The summed E-state index contributed by atoms with van der Waals surface area (Å²) in [5.41, 5.74) is 3.01. The Morgan fingerprint density at radius 2 is 1.77 bits per heavy atom. The molecule has 3 rings (SSSR count). The number of carbonyl (C=O) groups excluding carboxylic acids is 1. The Bertz CT molecular complexity index is 1020. The van der Waals surface area contributed by atoms with Gasteiger partial charge in [0, 0.05) is 12.6 Å². The number of rotatable bonds is 6. The first kappa shape index (κ1) is 21.9. The van der Waals surface area contributed by atoms with Gasteiger partial charge in [0.05, 0.1) is 18.0 Å². The van der Waals surface area contributed by atoms with Gasteiger partial charge in [-0.3, -0.25) is 4.79 Å². The minimum atomic E-state index is -0.353. The number of methoxy groups -OCH3 is 1. The highest BCUT2D eigenvalue weighted by Crippen LogP contribution is 2.29. The van der Waals surface area contributed by atoms with Crippen LogP contribution in [0.5, 0.6) is 5.75 Å². The van der Waals surface area contributed by atoms with Crippen molar-refractivity contribution in [2.75, 3.05) is 12.4 Å². The summed E-state index contributed by atoms with van der Waals surface area (Å²) in [7, 11) is 3.50. The normalized spacial score (nSPS) is 12.5. The molecule has 7 heteroatoms. The van der Waals surface area contributed by atoms with E-state index < -0.39 is 0 Å². The molecule has 3 aromatic rings. The average molecular weight is 425 g/mol. The van der Waals surface area contributed by atoms with Gasteiger partial charge in [-0.1, -0.05) is 68.9 Å². The minimum absolute atomic E-state index is 0.101. The monoisotopic (exact) mass is 424 g/mol. The van der Waals surface area contributed by atoms with Crippen molar-refractivity contribution in [2.45, 2.75) is 43.5 Å². The number of thioether (sulfide) groups is 1. The lowest BCUT2D eigenvalue weighted by atomic mass is 9.87. The van der Waals surface area contributed by atoms with Crippen LogP contribution in [0.4, 0.5) is 5.69 Å². The van der Waals surface area contributed by atoms with Gasteiger partial charge in [-0.05, 0) is 30.0 Å². The summed E-state index contributed by atoms with van der Waals surface area (Å²) in [6.45, 7) is 8.42. The maximum atomic E-state index is 12.7. The molecule has 0 aliphatic carbocycles. The highest BCUT2D eigenvalue weighted by molar-refractivity contribution is 8.00. The van der Waals surface area contributed by atoms with Crippen molar-refractivity contribution >= 4 is 23.4 Å². The van der Waals surface area contributed by atoms with Gasteiger partial charge in [-0.15, -0.1) is 10.2 Å². The predicted molar refractivity (Wildman–Crippen MR) is 122 cm³/mol. The molecule has 1 atom stereocenters. The van der Waals surface area contributed by atoms with E-state index in [2.05, 4.69) is 60.6 Å². The van der Waals surface area contributed by atoms with Crippen molar-refractivity contribution in [1.29, 1.82) is 0 Å². The lowest BCUT2D eigenvalue weighted by Crippen LogP contribution is -2.23. The van der Waals surface area contributed by atoms with Crippen LogP contribution < -0.4 is 10.1 Å². The summed E-state index contributed by atoms with van der Waals surface area (Å²) in [6, 6.07) is 15.7. The average Bonchev–Trinajstić information content (AvgIpc) is 3.08. The third kappa shape index (κ3) is 4.84. The summed E-state index contributed by atoms with van der Waals surface area (Å²) < 4.78 is 7.22. The lowest BCUT2D eigenvalue weighted by molar-refractivity contribution is -0.115. The highest BCUT2D eigenvalue weighted by atomic mass is 32.2. The van der Waals surface area contributed by atoms with Gasteiger partial charge >= 0.3 is 0 Å². The van der Waals surface area contributed by atoms with E-state index >= 15 is 0 Å². The third-order valence-corrected chi connectivity index (χ3v) is 5.99. The predicted octanol–water partition coefficient (Wildman–Crippen LogP) is 4.91. The first-order valence-corrected chi connectivity index (χ1v) is 10.7. The van der Waals surface area contributed by atoms with Crippen LogP contribution in [0.25, 0.3) is 11.4 Å². The Hall–Kier alpha value is -2.80. The van der Waals surface area contributed by atoms with Crippen LogP contribution in [0.2, 0.25) is 0 Å². The van der Waals surface area contributed by atoms with Gasteiger partial charge in [0.15, 0.2) is 11.0 Å². The van der Waals surface area contributed by atoms with E-state index in [0.29, 0.717) is 16.6 Å². The number of ether oxygens (including phenoxy) is 1. The van der Waals surface area contributed by atoms with Gasteiger partial charge in [-0.2, -0.15) is 0 Å². The molecule has 0 saturated heterocycles. The van der Waals surface area contributed by atoms with Crippen LogP contribution in [0.15, 0.2) is 53.7 Å². The third-order valence-electron chi connectivity index (χ3n) is 4.86. The minimum Gasteiger partial charge on any atom is -0.495 e. The summed E-state index contributed by atoms with van der Waals surface area (Å²) in [5, 5.41) is 11.9. The van der Waals surface area contributed by atoms with E-state index in [4.69, 9.17) is 4.74 Å². The molecule has 158 valence electrons. The molecule has 6 nitrogen and oxygen atoms in total. The molecule has 0 bridgehead atoms. The molecule has 2 aromatic carbocycles. The van der Waals surface area contributed by atoms with E-state index in [1.165, 1.54) is 17.3 Å². The molecule has 1 heterocycles. The molecule has 0 unspecified atom stereocenters. The fraction of sp³-hybridized carbons (Fsp3) is 0.348. The smallest absolute Gasteiger partial charge is 0.237 e. The standard InChI is InChI=1S/C23H28N4O2S/c1-15(21(28)24-18-9-7-8-10-19(18)29-6)30-22-26-25-20(27(22)5)16-11-13-17(14-12-16)23(2,3)4/h7-15H,1-6H3,(H,24,28)/t15-/m0/s1. The molecule has 0 aliphatic rings. The van der Waals surface area contributed by atoms with Gasteiger partial charge < -0.3 is 14.6 Å². The Morgan fingerprint density at radius 3 is 2.40 bits per heavy atom. The molecule has 30 heavy (non-hydrogen) atoms. The van der Waals surface area contributed by atoms with Crippen molar-refractivity contribution in [1.82, 2.24) is 14.8 Å². The second kappa shape index (κ2) is 8.92. The summed E-state index contributed by atoms with van der Waals surface area (Å²) >= 11 is 1.37. The second-order valence-electron chi connectivity index (χ2n) is 8.14. The molecule has 1 amide bonds. The summed E-state index contributed by atoms with van der Waals surface area (Å²) in [6.07, 6.45) is 0. The quantitative estimate of drug-likeness (QED) is 0.570. The molecule has 0 saturated carbocycles. The van der Waals surface area contributed by atoms with Crippen LogP contribution in [0.1, 0.15) is 33.3 Å². The first-order valence-electron chi connectivity index (χ1n) is 9.81. The zero-order valence-corrected chi connectivity index (χ0v) is 19.1. The number of benzene rings is 2. The number of aromatic nitrogens is 3. The number of amides is 1. The van der Waals surface area contributed by atoms with E-state index in [0.717, 1.165) is 11.4 Å². The number of nitrogens with one attached hydrogen (secondary N) is 1. The summed E-state index contributed by atoms with van der Waals surface area (Å²) in [4.78, 5) is 12.7. The molecule has 1 aromatic heterocycles. The number of hydrogen-bond donors (Lipinski definition) is 1. The van der Waals surface area contributed by atoms with E-state index in [1.807, 2.05) is 42.8 Å². The number of para-hydroxylation sites is 2. The Labute approximate surface area is 182 Å². The van der Waals surface area contributed by atoms with Gasteiger partial charge in [0.25, 0.3) is 0 Å². The van der Waals surface area contributed by atoms with Crippen LogP contribution in [-0.4, -0.2) is 33.0 Å². The van der Waals surface area contributed by atoms with Crippen LogP contribution in [0, 0.1) is 0 Å². The molecule has 0 spiro atoms. The first-order chi connectivity index (χ1) is 14.2. The number of nitrogens with zero attached hydrogens (tertiary/aromatic N) is 3. The van der Waals surface area contributed by atoms with E-state index in [1.54, 1.807) is 7.11 Å². The maximum Gasteiger partial charge on any atom is 0.237 e. The number of anilines is 1. The van der Waals surface area contributed by atoms with Gasteiger partial charge in [0.2, 0.25) is 5.91 Å². The van der Waals surface area contributed by atoms with Crippen molar-refractivity contribution in [3.05, 3.63) is 54.1 Å². The zero-order valence-electron chi connectivity index (χ0n) is 18.3.